The summed E-state index contributed by atoms with van der Waals surface area (Å²) in [6.07, 6.45) is 5.70. The number of ether oxygens (including phenoxy) is 1. The Balaban J connectivity index is 2.15. The van der Waals surface area contributed by atoms with E-state index in [4.69, 9.17) is 4.74 Å². The van der Waals surface area contributed by atoms with Crippen LogP contribution in [-0.2, 0) is 6.42 Å². The molecule has 1 fully saturated rings. The van der Waals surface area contributed by atoms with Crippen molar-refractivity contribution in [3.8, 4) is 5.88 Å². The van der Waals surface area contributed by atoms with E-state index in [9.17, 15) is 0 Å². The van der Waals surface area contributed by atoms with Crippen LogP contribution in [0.5, 0.6) is 5.88 Å². The summed E-state index contributed by atoms with van der Waals surface area (Å²) in [6, 6.07) is 2.11. The number of hydrogen-bond donors (Lipinski definition) is 0. The van der Waals surface area contributed by atoms with Gasteiger partial charge < -0.3 is 9.64 Å². The number of pyridine rings is 1. The Hall–Kier alpha value is -1.09. The zero-order chi connectivity index (χ0) is 11.5. The normalized spacial score (nSPS) is 15.5. The minimum atomic E-state index is 0.746. The van der Waals surface area contributed by atoms with Crippen molar-refractivity contribution in [1.82, 2.24) is 9.88 Å². The van der Waals surface area contributed by atoms with Crippen molar-refractivity contribution in [3.63, 3.8) is 0 Å². The van der Waals surface area contributed by atoms with Crippen molar-refractivity contribution >= 4 is 0 Å². The van der Waals surface area contributed by atoms with Crippen LogP contribution in [-0.4, -0.2) is 37.6 Å². The molecule has 0 radical (unpaired) electrons. The van der Waals surface area contributed by atoms with E-state index in [-0.39, 0.29) is 0 Å². The molecule has 0 spiro atoms. The van der Waals surface area contributed by atoms with Gasteiger partial charge in [-0.05, 0) is 50.4 Å². The molecule has 0 aromatic carbocycles. The number of methoxy groups -OCH3 is 1. The van der Waals surface area contributed by atoms with Crippen molar-refractivity contribution < 1.29 is 4.74 Å². The molecule has 0 atom stereocenters. The Labute approximate surface area is 97.4 Å². The lowest BCUT2D eigenvalue weighted by atomic mass is 10.0. The smallest absolute Gasteiger partial charge is 0.213 e. The summed E-state index contributed by atoms with van der Waals surface area (Å²) in [6.45, 7) is 1.08. The maximum absolute atomic E-state index is 5.19. The second kappa shape index (κ2) is 4.83. The molecule has 0 amide bonds. The lowest BCUT2D eigenvalue weighted by Crippen LogP contribution is -2.16. The first-order chi connectivity index (χ1) is 7.70. The van der Waals surface area contributed by atoms with E-state index in [0.717, 1.165) is 24.8 Å². The van der Waals surface area contributed by atoms with Crippen LogP contribution >= 0.6 is 0 Å². The van der Waals surface area contributed by atoms with E-state index in [1.165, 1.54) is 24.0 Å². The number of nitrogens with zero attached hydrogens (tertiary/aromatic N) is 2. The van der Waals surface area contributed by atoms with Gasteiger partial charge in [0, 0.05) is 18.8 Å². The largest absolute Gasteiger partial charge is 0.481 e. The van der Waals surface area contributed by atoms with Crippen LogP contribution < -0.4 is 4.74 Å². The summed E-state index contributed by atoms with van der Waals surface area (Å²) >= 11 is 0. The van der Waals surface area contributed by atoms with Gasteiger partial charge in [-0.25, -0.2) is 4.98 Å². The molecule has 1 aromatic rings. The number of hydrogen-bond acceptors (Lipinski definition) is 3. The van der Waals surface area contributed by atoms with Crippen molar-refractivity contribution in [2.24, 2.45) is 0 Å². The molecule has 3 nitrogen and oxygen atoms in total. The van der Waals surface area contributed by atoms with Gasteiger partial charge in [0.2, 0.25) is 5.88 Å². The zero-order valence-electron chi connectivity index (χ0n) is 10.4. The molecule has 0 unspecified atom stereocenters. The molecular formula is C13H20N2O. The molecule has 1 aliphatic carbocycles. The van der Waals surface area contributed by atoms with Crippen LogP contribution in [0, 0.1) is 0 Å². The van der Waals surface area contributed by atoms with E-state index in [2.05, 4.69) is 30.0 Å². The Morgan fingerprint density at radius 1 is 1.44 bits per heavy atom. The third-order valence-electron chi connectivity index (χ3n) is 3.05. The molecule has 1 heterocycles. The lowest BCUT2D eigenvalue weighted by Gasteiger charge is -2.13. The summed E-state index contributed by atoms with van der Waals surface area (Å²) in [5.74, 6) is 1.50. The Morgan fingerprint density at radius 3 is 2.75 bits per heavy atom. The van der Waals surface area contributed by atoms with Gasteiger partial charge in [0.05, 0.1) is 7.11 Å². The van der Waals surface area contributed by atoms with Crippen LogP contribution in [0.3, 0.4) is 0 Å². The Bertz CT molecular complexity index is 359. The van der Waals surface area contributed by atoms with Crippen molar-refractivity contribution in [2.45, 2.75) is 25.2 Å². The second-order valence-electron chi connectivity index (χ2n) is 4.75. The highest BCUT2D eigenvalue weighted by Gasteiger charge is 2.26. The second-order valence-corrected chi connectivity index (χ2v) is 4.75. The van der Waals surface area contributed by atoms with E-state index in [0.29, 0.717) is 0 Å². The van der Waals surface area contributed by atoms with Crippen LogP contribution in [0.1, 0.15) is 29.9 Å². The van der Waals surface area contributed by atoms with E-state index in [1.807, 2.05) is 6.20 Å². The van der Waals surface area contributed by atoms with Crippen molar-refractivity contribution in [2.75, 3.05) is 27.7 Å². The SMILES string of the molecule is COc1cc(C2CC2)c(CCN(C)C)cn1. The topological polar surface area (TPSA) is 25.4 Å². The molecule has 1 saturated carbocycles. The highest BCUT2D eigenvalue weighted by atomic mass is 16.5. The maximum atomic E-state index is 5.19. The van der Waals surface area contributed by atoms with Gasteiger partial charge in [-0.3, -0.25) is 0 Å². The minimum absolute atomic E-state index is 0.746. The van der Waals surface area contributed by atoms with Gasteiger partial charge in [-0.2, -0.15) is 0 Å². The van der Waals surface area contributed by atoms with Gasteiger partial charge in [0.15, 0.2) is 0 Å². The zero-order valence-corrected chi connectivity index (χ0v) is 10.4. The van der Waals surface area contributed by atoms with Crippen LogP contribution in [0.2, 0.25) is 0 Å². The highest BCUT2D eigenvalue weighted by molar-refractivity contribution is 5.35. The number of rotatable bonds is 5. The first-order valence-corrected chi connectivity index (χ1v) is 5.88. The van der Waals surface area contributed by atoms with Gasteiger partial charge >= 0.3 is 0 Å². The predicted molar refractivity (Wildman–Crippen MR) is 65.0 cm³/mol. The van der Waals surface area contributed by atoms with Gasteiger partial charge in [0.25, 0.3) is 0 Å². The van der Waals surface area contributed by atoms with Gasteiger partial charge in [0.1, 0.15) is 0 Å². The first kappa shape index (κ1) is 11.4. The molecule has 2 rings (SSSR count). The molecule has 0 saturated heterocycles. The molecule has 0 N–H and O–H groups in total. The summed E-state index contributed by atoms with van der Waals surface area (Å²) in [5.41, 5.74) is 2.84. The standard InChI is InChI=1S/C13H20N2O/c1-15(2)7-6-11-9-14-13(16-3)8-12(11)10-4-5-10/h8-10H,4-7H2,1-3H3. The van der Waals surface area contributed by atoms with Crippen LogP contribution in [0.4, 0.5) is 0 Å². The summed E-state index contributed by atoms with van der Waals surface area (Å²) in [4.78, 5) is 6.51. The first-order valence-electron chi connectivity index (χ1n) is 5.88. The average molecular weight is 220 g/mol. The summed E-state index contributed by atoms with van der Waals surface area (Å²) < 4.78 is 5.19. The third-order valence-corrected chi connectivity index (χ3v) is 3.05. The van der Waals surface area contributed by atoms with Crippen molar-refractivity contribution in [3.05, 3.63) is 23.4 Å². The maximum Gasteiger partial charge on any atom is 0.213 e. The quantitative estimate of drug-likeness (QED) is 0.759. The molecular weight excluding hydrogens is 200 g/mol. The average Bonchev–Trinajstić information content (AvgIpc) is 3.10. The highest BCUT2D eigenvalue weighted by Crippen LogP contribution is 2.42. The predicted octanol–water partition coefficient (Wildman–Crippen LogP) is 2.07. The van der Waals surface area contributed by atoms with E-state index < -0.39 is 0 Å². The Kier molecular flexibility index (Phi) is 3.44. The lowest BCUT2D eigenvalue weighted by molar-refractivity contribution is 0.395. The van der Waals surface area contributed by atoms with Crippen LogP contribution in [0.15, 0.2) is 12.3 Å². The fourth-order valence-corrected chi connectivity index (χ4v) is 1.92. The minimum Gasteiger partial charge on any atom is -0.481 e. The van der Waals surface area contributed by atoms with E-state index in [1.54, 1.807) is 7.11 Å². The number of likely N-dealkylation sites (N-methyl/N-ethyl adjacent to an activating group) is 1. The van der Waals surface area contributed by atoms with Crippen molar-refractivity contribution in [1.29, 1.82) is 0 Å². The number of aromatic nitrogens is 1. The van der Waals surface area contributed by atoms with E-state index >= 15 is 0 Å². The fraction of sp³-hybridized carbons (Fsp3) is 0.615. The monoisotopic (exact) mass is 220 g/mol. The van der Waals surface area contributed by atoms with Gasteiger partial charge in [-0.15, -0.1) is 0 Å². The summed E-state index contributed by atoms with van der Waals surface area (Å²) in [7, 11) is 5.89. The molecule has 16 heavy (non-hydrogen) atoms. The van der Waals surface area contributed by atoms with Gasteiger partial charge in [-0.1, -0.05) is 0 Å². The molecule has 1 aliphatic rings. The molecule has 3 heteroatoms. The molecule has 88 valence electrons. The third kappa shape index (κ3) is 2.73. The fourth-order valence-electron chi connectivity index (χ4n) is 1.92. The molecule has 1 aromatic heterocycles. The summed E-state index contributed by atoms with van der Waals surface area (Å²) in [5, 5.41) is 0. The Morgan fingerprint density at radius 2 is 2.19 bits per heavy atom. The molecule has 0 aliphatic heterocycles. The van der Waals surface area contributed by atoms with Crippen LogP contribution in [0.25, 0.3) is 0 Å². The molecule has 0 bridgehead atoms.